The fourth-order valence-corrected chi connectivity index (χ4v) is 18.5. The second-order valence-electron chi connectivity index (χ2n) is 10.5. The van der Waals surface area contributed by atoms with Crippen molar-refractivity contribution in [3.63, 3.8) is 0 Å². The predicted octanol–water partition coefficient (Wildman–Crippen LogP) is 7.12. The third-order valence-electron chi connectivity index (χ3n) is 5.71. The largest absolute Gasteiger partial charge is 0.437 e. The Hall–Kier alpha value is -2.41. The normalized spacial score (nSPS) is 12.0. The first kappa shape index (κ1) is 28.8. The molecule has 9 heteroatoms. The fourth-order valence-electron chi connectivity index (χ4n) is 4.44. The smallest absolute Gasteiger partial charge is 0.311 e. The van der Waals surface area contributed by atoms with Crippen molar-refractivity contribution in [2.45, 2.75) is 77.1 Å². The van der Waals surface area contributed by atoms with Gasteiger partial charge in [-0.05, 0) is 112 Å². The van der Waals surface area contributed by atoms with Gasteiger partial charge in [0, 0.05) is 0 Å². The van der Waals surface area contributed by atoms with E-state index in [1.165, 1.54) is 11.1 Å². The van der Waals surface area contributed by atoms with Crippen LogP contribution in [-0.4, -0.2) is 25.2 Å². The Morgan fingerprint density at radius 1 is 0.600 bits per heavy atom. The number of benzene rings is 2. The molecule has 6 nitrogen and oxygen atoms in total. The molecule has 0 unspecified atom stereocenters. The molecule has 0 spiro atoms. The highest BCUT2D eigenvalue weighted by Crippen LogP contribution is 2.27. The van der Waals surface area contributed by atoms with E-state index in [4.69, 9.17) is 28.2 Å². The Labute approximate surface area is 213 Å². The second kappa shape index (κ2) is 13.1. The van der Waals surface area contributed by atoms with Crippen LogP contribution in [0.15, 0.2) is 48.5 Å². The Morgan fingerprint density at radius 2 is 0.943 bits per heavy atom. The molecule has 0 aliphatic heterocycles. The van der Waals surface area contributed by atoms with Gasteiger partial charge in [-0.15, -0.1) is 10.5 Å². The van der Waals surface area contributed by atoms with Gasteiger partial charge in [-0.1, -0.05) is 24.3 Å². The Kier molecular flexibility index (Phi) is 10.7. The highest BCUT2D eigenvalue weighted by atomic mass is 28.5. The summed E-state index contributed by atoms with van der Waals surface area (Å²) in [6, 6.07) is 17.6. The SMILES string of the molecule is C[Si](C)(CCCc1ccc(OC#N)cc1)O[Si](C)(C)O[Si](C)(C)CCCc1ccc(OC#N)cc1. The van der Waals surface area contributed by atoms with Crippen LogP contribution in [-0.2, 0) is 21.1 Å². The summed E-state index contributed by atoms with van der Waals surface area (Å²) >= 11 is 0. The molecule has 2 aromatic rings. The molecular weight excluding hydrogens is 489 g/mol. The third-order valence-corrected chi connectivity index (χ3v) is 17.2. The van der Waals surface area contributed by atoms with E-state index < -0.39 is 25.2 Å². The van der Waals surface area contributed by atoms with Crippen molar-refractivity contribution in [1.29, 1.82) is 10.5 Å². The van der Waals surface area contributed by atoms with Crippen LogP contribution in [0.3, 0.4) is 0 Å². The summed E-state index contributed by atoms with van der Waals surface area (Å²) in [7, 11) is -5.95. The zero-order valence-corrected chi connectivity index (χ0v) is 24.9. The number of ether oxygens (including phenoxy) is 2. The zero-order valence-electron chi connectivity index (χ0n) is 21.9. The average molecular weight is 527 g/mol. The average Bonchev–Trinajstić information content (AvgIpc) is 2.75. The molecule has 0 bridgehead atoms. The molecule has 0 saturated carbocycles. The molecule has 0 aliphatic carbocycles. The van der Waals surface area contributed by atoms with Gasteiger partial charge in [-0.2, -0.15) is 0 Å². The van der Waals surface area contributed by atoms with Gasteiger partial charge >= 0.3 is 8.56 Å². The van der Waals surface area contributed by atoms with E-state index in [1.807, 2.05) is 48.5 Å². The molecular formula is C26H38N2O4Si3. The van der Waals surface area contributed by atoms with E-state index in [0.717, 1.165) is 37.8 Å². The summed E-state index contributed by atoms with van der Waals surface area (Å²) in [5.74, 6) is 1.16. The quantitative estimate of drug-likeness (QED) is 0.192. The van der Waals surface area contributed by atoms with Gasteiger partial charge in [0.25, 0.3) is 12.5 Å². The second-order valence-corrected chi connectivity index (χ2v) is 23.0. The van der Waals surface area contributed by atoms with Gasteiger partial charge in [0.1, 0.15) is 11.5 Å². The highest BCUT2D eigenvalue weighted by molar-refractivity contribution is 6.87. The molecule has 2 rings (SSSR count). The highest BCUT2D eigenvalue weighted by Gasteiger charge is 2.39. The summed E-state index contributed by atoms with van der Waals surface area (Å²) in [6.07, 6.45) is 7.51. The Bertz CT molecular complexity index is 929. The van der Waals surface area contributed by atoms with Gasteiger partial charge in [-0.3, -0.25) is 0 Å². The molecule has 0 aromatic heterocycles. The van der Waals surface area contributed by atoms with E-state index >= 15 is 0 Å². The van der Waals surface area contributed by atoms with Crippen molar-refractivity contribution in [3.8, 4) is 24.0 Å². The molecule has 0 amide bonds. The van der Waals surface area contributed by atoms with Crippen LogP contribution in [0, 0.1) is 23.0 Å². The number of hydrogen-bond donors (Lipinski definition) is 0. The van der Waals surface area contributed by atoms with Crippen LogP contribution < -0.4 is 9.47 Å². The lowest BCUT2D eigenvalue weighted by Gasteiger charge is -2.39. The lowest BCUT2D eigenvalue weighted by atomic mass is 10.1. The standard InChI is InChI=1S/C26H38N2O4Si3/c1-33(2,19-7-9-23-11-15-25(16-12-23)29-21-27)31-35(5,6)32-34(3,4)20-8-10-24-13-17-26(18-14-24)30-22-28/h11-18H,7-10,19-20H2,1-6H3. The Morgan fingerprint density at radius 3 is 1.26 bits per heavy atom. The molecule has 0 N–H and O–H groups in total. The molecule has 0 saturated heterocycles. The third kappa shape index (κ3) is 11.2. The monoisotopic (exact) mass is 526 g/mol. The number of rotatable bonds is 14. The summed E-state index contributed by atoms with van der Waals surface area (Å²) in [5, 5.41) is 17.2. The summed E-state index contributed by atoms with van der Waals surface area (Å²) in [6.45, 7) is 13.6. The number of nitriles is 2. The van der Waals surface area contributed by atoms with Crippen LogP contribution in [0.4, 0.5) is 0 Å². The molecule has 0 aliphatic rings. The molecule has 35 heavy (non-hydrogen) atoms. The van der Waals surface area contributed by atoms with Crippen LogP contribution in [0.25, 0.3) is 0 Å². The zero-order chi connectivity index (χ0) is 26.0. The molecule has 0 radical (unpaired) electrons. The first-order valence-corrected chi connectivity index (χ1v) is 21.2. The number of nitrogens with zero attached hydrogens (tertiary/aromatic N) is 2. The molecule has 0 atom stereocenters. The van der Waals surface area contributed by atoms with Gasteiger partial charge in [-0.25, -0.2) is 0 Å². The topological polar surface area (TPSA) is 84.5 Å². The first-order valence-electron chi connectivity index (χ1n) is 12.1. The van der Waals surface area contributed by atoms with E-state index in [0.29, 0.717) is 11.5 Å². The van der Waals surface area contributed by atoms with Gasteiger partial charge in [0.05, 0.1) is 0 Å². The Balaban J connectivity index is 1.78. The fraction of sp³-hybridized carbons (Fsp3) is 0.462. The first-order chi connectivity index (χ1) is 16.4. The molecule has 0 fully saturated rings. The minimum atomic E-state index is -2.24. The lowest BCUT2D eigenvalue weighted by Crippen LogP contribution is -2.52. The minimum Gasteiger partial charge on any atom is -0.437 e. The molecule has 0 heterocycles. The van der Waals surface area contributed by atoms with Crippen molar-refractivity contribution >= 4 is 25.2 Å². The van der Waals surface area contributed by atoms with E-state index in [-0.39, 0.29) is 0 Å². The summed E-state index contributed by atoms with van der Waals surface area (Å²) in [5.41, 5.74) is 2.49. The predicted molar refractivity (Wildman–Crippen MR) is 146 cm³/mol. The minimum absolute atomic E-state index is 0.578. The van der Waals surface area contributed by atoms with Crippen molar-refractivity contribution in [2.24, 2.45) is 0 Å². The van der Waals surface area contributed by atoms with Crippen LogP contribution in [0.2, 0.25) is 51.4 Å². The van der Waals surface area contributed by atoms with E-state index in [9.17, 15) is 0 Å². The van der Waals surface area contributed by atoms with Crippen molar-refractivity contribution < 1.29 is 17.7 Å². The summed E-state index contributed by atoms with van der Waals surface area (Å²) < 4.78 is 23.2. The maximum atomic E-state index is 8.60. The maximum absolute atomic E-state index is 8.60. The van der Waals surface area contributed by atoms with Gasteiger partial charge < -0.3 is 17.7 Å². The molecule has 2 aromatic carbocycles. The summed E-state index contributed by atoms with van der Waals surface area (Å²) in [4.78, 5) is 0. The number of aryl methyl sites for hydroxylation is 2. The lowest BCUT2D eigenvalue weighted by molar-refractivity contribution is 0.387. The van der Waals surface area contributed by atoms with Crippen LogP contribution in [0.1, 0.15) is 24.0 Å². The van der Waals surface area contributed by atoms with E-state index in [1.54, 1.807) is 12.5 Å². The van der Waals surface area contributed by atoms with E-state index in [2.05, 4.69) is 39.3 Å². The molecule has 188 valence electrons. The number of hydrogen-bond acceptors (Lipinski definition) is 6. The van der Waals surface area contributed by atoms with Crippen molar-refractivity contribution in [2.75, 3.05) is 0 Å². The van der Waals surface area contributed by atoms with Gasteiger partial charge in [0.2, 0.25) is 0 Å². The van der Waals surface area contributed by atoms with Gasteiger partial charge in [0.15, 0.2) is 16.6 Å². The van der Waals surface area contributed by atoms with Crippen LogP contribution >= 0.6 is 0 Å². The van der Waals surface area contributed by atoms with Crippen LogP contribution in [0.5, 0.6) is 11.5 Å². The maximum Gasteiger partial charge on any atom is 0.311 e. The van der Waals surface area contributed by atoms with Crippen molar-refractivity contribution in [3.05, 3.63) is 59.7 Å². The van der Waals surface area contributed by atoms with Crippen molar-refractivity contribution in [1.82, 2.24) is 0 Å².